The molecule has 23 heavy (non-hydrogen) atoms. The lowest BCUT2D eigenvalue weighted by atomic mass is 10.1. The highest BCUT2D eigenvalue weighted by molar-refractivity contribution is 7.98. The van der Waals surface area contributed by atoms with Crippen LogP contribution < -0.4 is 0 Å². The number of para-hydroxylation sites is 2. The first-order valence-electron chi connectivity index (χ1n) is 7.37. The molecule has 0 bridgehead atoms. The Balaban J connectivity index is 1.51. The van der Waals surface area contributed by atoms with Gasteiger partial charge in [0.05, 0.1) is 16.7 Å². The van der Waals surface area contributed by atoms with Gasteiger partial charge < -0.3 is 4.98 Å². The van der Waals surface area contributed by atoms with Crippen molar-refractivity contribution in [2.45, 2.75) is 17.8 Å². The Hall–Kier alpha value is -2.11. The number of H-pyrrole nitrogens is 1. The number of nitrogens with zero attached hydrogens (tertiary/aromatic N) is 2. The van der Waals surface area contributed by atoms with Gasteiger partial charge in [0, 0.05) is 16.7 Å². The fraction of sp³-hybridized carbons (Fsp3) is 0.111. The van der Waals surface area contributed by atoms with Crippen molar-refractivity contribution in [2.24, 2.45) is 0 Å². The summed E-state index contributed by atoms with van der Waals surface area (Å²) in [5.41, 5.74) is 5.66. The molecule has 2 aromatic heterocycles. The molecular weight excluding hydrogens is 322 g/mol. The third-order valence-electron chi connectivity index (χ3n) is 3.65. The van der Waals surface area contributed by atoms with Gasteiger partial charge in [0.15, 0.2) is 5.16 Å². The van der Waals surface area contributed by atoms with Gasteiger partial charge in [-0.25, -0.2) is 9.97 Å². The number of imidazole rings is 1. The van der Waals surface area contributed by atoms with E-state index in [1.54, 1.807) is 23.1 Å². The number of hydrogen-bond donors (Lipinski definition) is 1. The zero-order valence-electron chi connectivity index (χ0n) is 12.6. The van der Waals surface area contributed by atoms with Crippen LogP contribution in [0.25, 0.3) is 21.6 Å². The van der Waals surface area contributed by atoms with E-state index >= 15 is 0 Å². The summed E-state index contributed by atoms with van der Waals surface area (Å²) in [4.78, 5) is 12.7. The van der Waals surface area contributed by atoms with Crippen LogP contribution in [0.2, 0.25) is 0 Å². The first-order valence-corrected chi connectivity index (χ1v) is 9.24. The van der Waals surface area contributed by atoms with Gasteiger partial charge in [-0.05, 0) is 24.6 Å². The lowest BCUT2D eigenvalue weighted by molar-refractivity contribution is 1.07. The van der Waals surface area contributed by atoms with E-state index in [-0.39, 0.29) is 0 Å². The molecule has 4 aromatic rings. The Morgan fingerprint density at radius 3 is 2.74 bits per heavy atom. The fourth-order valence-corrected chi connectivity index (χ4v) is 4.24. The summed E-state index contributed by atoms with van der Waals surface area (Å²) in [6.45, 7) is 2.12. The van der Waals surface area contributed by atoms with E-state index < -0.39 is 0 Å². The first-order chi connectivity index (χ1) is 11.3. The van der Waals surface area contributed by atoms with Crippen molar-refractivity contribution in [3.05, 3.63) is 65.2 Å². The van der Waals surface area contributed by atoms with E-state index in [1.807, 2.05) is 24.3 Å². The molecule has 0 atom stereocenters. The van der Waals surface area contributed by atoms with Crippen LogP contribution in [0.15, 0.2) is 59.1 Å². The number of thioether (sulfide) groups is 1. The third-order valence-corrected chi connectivity index (χ3v) is 5.48. The molecule has 0 amide bonds. The molecule has 0 fully saturated rings. The number of aryl methyl sites for hydroxylation is 1. The van der Waals surface area contributed by atoms with Crippen LogP contribution in [0, 0.1) is 6.92 Å². The standard InChI is InChI=1S/C18H15N3S2/c1-12-6-2-3-7-14(12)17-19-13(10-22-17)11-23-18-20-15-8-4-5-9-16(15)21-18/h2-10H,11H2,1H3,(H,20,21). The van der Waals surface area contributed by atoms with Crippen LogP contribution in [0.5, 0.6) is 0 Å². The highest BCUT2D eigenvalue weighted by Crippen LogP contribution is 2.29. The number of nitrogens with one attached hydrogen (secondary N) is 1. The zero-order chi connectivity index (χ0) is 15.6. The molecule has 0 saturated carbocycles. The fourth-order valence-electron chi connectivity index (χ4n) is 2.45. The molecule has 0 radical (unpaired) electrons. The normalized spacial score (nSPS) is 11.2. The van der Waals surface area contributed by atoms with Gasteiger partial charge in [0.25, 0.3) is 0 Å². The molecule has 0 aliphatic carbocycles. The number of fused-ring (bicyclic) bond motifs is 1. The van der Waals surface area contributed by atoms with Gasteiger partial charge in [0.1, 0.15) is 5.01 Å². The van der Waals surface area contributed by atoms with E-state index in [2.05, 4.69) is 46.5 Å². The molecular formula is C18H15N3S2. The number of benzene rings is 2. The summed E-state index contributed by atoms with van der Waals surface area (Å²) in [6, 6.07) is 16.5. The summed E-state index contributed by atoms with van der Waals surface area (Å²) in [7, 11) is 0. The van der Waals surface area contributed by atoms with Gasteiger partial charge in [-0.3, -0.25) is 0 Å². The quantitative estimate of drug-likeness (QED) is 0.515. The van der Waals surface area contributed by atoms with Crippen LogP contribution in [0.3, 0.4) is 0 Å². The molecule has 5 heteroatoms. The van der Waals surface area contributed by atoms with Gasteiger partial charge in [0.2, 0.25) is 0 Å². The Labute approximate surface area is 142 Å². The predicted octanol–water partition coefficient (Wildman–Crippen LogP) is 5.29. The molecule has 0 spiro atoms. The smallest absolute Gasteiger partial charge is 0.166 e. The molecule has 2 heterocycles. The lowest BCUT2D eigenvalue weighted by Crippen LogP contribution is -1.85. The summed E-state index contributed by atoms with van der Waals surface area (Å²) >= 11 is 3.39. The maximum absolute atomic E-state index is 4.77. The Kier molecular flexibility index (Phi) is 3.89. The van der Waals surface area contributed by atoms with Crippen LogP contribution in [-0.4, -0.2) is 15.0 Å². The van der Waals surface area contributed by atoms with Crippen LogP contribution in [0.4, 0.5) is 0 Å². The van der Waals surface area contributed by atoms with Crippen LogP contribution in [-0.2, 0) is 5.75 Å². The molecule has 1 N–H and O–H groups in total. The molecule has 2 aromatic carbocycles. The second kappa shape index (κ2) is 6.18. The largest absolute Gasteiger partial charge is 0.333 e. The molecule has 3 nitrogen and oxygen atoms in total. The van der Waals surface area contributed by atoms with E-state index in [9.17, 15) is 0 Å². The summed E-state index contributed by atoms with van der Waals surface area (Å²) in [5.74, 6) is 0.822. The van der Waals surface area contributed by atoms with Crippen molar-refractivity contribution in [1.29, 1.82) is 0 Å². The molecule has 0 saturated heterocycles. The summed E-state index contributed by atoms with van der Waals surface area (Å²) in [5, 5.41) is 4.16. The van der Waals surface area contributed by atoms with Gasteiger partial charge in [-0.2, -0.15) is 0 Å². The Bertz CT molecular complexity index is 922. The summed E-state index contributed by atoms with van der Waals surface area (Å²) in [6.07, 6.45) is 0. The van der Waals surface area contributed by atoms with E-state index in [0.717, 1.165) is 32.6 Å². The first kappa shape index (κ1) is 14.5. The van der Waals surface area contributed by atoms with Crippen LogP contribution in [0.1, 0.15) is 11.3 Å². The highest BCUT2D eigenvalue weighted by Gasteiger charge is 2.08. The van der Waals surface area contributed by atoms with Crippen molar-refractivity contribution in [3.63, 3.8) is 0 Å². The number of thiazole rings is 1. The van der Waals surface area contributed by atoms with Crippen molar-refractivity contribution >= 4 is 34.1 Å². The zero-order valence-corrected chi connectivity index (χ0v) is 14.2. The summed E-state index contributed by atoms with van der Waals surface area (Å²) < 4.78 is 0. The SMILES string of the molecule is Cc1ccccc1-c1nc(CSc2nc3ccccc3[nH]2)cs1. The minimum Gasteiger partial charge on any atom is -0.333 e. The van der Waals surface area contributed by atoms with Crippen molar-refractivity contribution in [3.8, 4) is 10.6 Å². The Morgan fingerprint density at radius 2 is 1.87 bits per heavy atom. The average Bonchev–Trinajstić information content (AvgIpc) is 3.19. The van der Waals surface area contributed by atoms with Crippen molar-refractivity contribution in [1.82, 2.24) is 15.0 Å². The van der Waals surface area contributed by atoms with Gasteiger partial charge in [-0.15, -0.1) is 11.3 Å². The van der Waals surface area contributed by atoms with E-state index in [1.165, 1.54) is 11.1 Å². The molecule has 0 aliphatic rings. The minimum atomic E-state index is 0.822. The average molecular weight is 337 g/mol. The monoisotopic (exact) mass is 337 g/mol. The number of rotatable bonds is 4. The van der Waals surface area contributed by atoms with Gasteiger partial charge >= 0.3 is 0 Å². The number of hydrogen-bond acceptors (Lipinski definition) is 4. The molecule has 114 valence electrons. The molecule has 4 rings (SSSR count). The van der Waals surface area contributed by atoms with Crippen molar-refractivity contribution < 1.29 is 0 Å². The topological polar surface area (TPSA) is 41.6 Å². The second-order valence-electron chi connectivity index (χ2n) is 5.31. The Morgan fingerprint density at radius 1 is 1.04 bits per heavy atom. The van der Waals surface area contributed by atoms with E-state index in [4.69, 9.17) is 4.98 Å². The second-order valence-corrected chi connectivity index (χ2v) is 7.13. The van der Waals surface area contributed by atoms with Crippen LogP contribution >= 0.6 is 23.1 Å². The maximum atomic E-state index is 4.77. The highest BCUT2D eigenvalue weighted by atomic mass is 32.2. The van der Waals surface area contributed by atoms with Crippen molar-refractivity contribution in [2.75, 3.05) is 0 Å². The maximum Gasteiger partial charge on any atom is 0.166 e. The molecule has 0 unspecified atom stereocenters. The van der Waals surface area contributed by atoms with Gasteiger partial charge in [-0.1, -0.05) is 48.2 Å². The number of aromatic nitrogens is 3. The lowest BCUT2D eigenvalue weighted by Gasteiger charge is -2.00. The predicted molar refractivity (Wildman–Crippen MR) is 97.9 cm³/mol. The third kappa shape index (κ3) is 3.02. The molecule has 0 aliphatic heterocycles. The van der Waals surface area contributed by atoms with E-state index in [0.29, 0.717) is 0 Å². The minimum absolute atomic E-state index is 0.822. The number of aromatic amines is 1.